The summed E-state index contributed by atoms with van der Waals surface area (Å²) in [6.07, 6.45) is 5.68. The minimum Gasteiger partial charge on any atom is -0.481 e. The van der Waals surface area contributed by atoms with E-state index in [2.05, 4.69) is 22.6 Å². The number of carboxylic acid groups (broad SMARTS) is 1. The third-order valence-electron chi connectivity index (χ3n) is 3.95. The van der Waals surface area contributed by atoms with Crippen molar-refractivity contribution in [2.45, 2.75) is 57.5 Å². The number of nitrogens with one attached hydrogen (secondary N) is 2. The van der Waals surface area contributed by atoms with Gasteiger partial charge in [0.05, 0.1) is 6.42 Å². The molecule has 1 fully saturated rings. The topological polar surface area (TPSA) is 81.7 Å². The molecule has 0 aromatic carbocycles. The molecule has 1 unspecified atom stereocenters. The van der Waals surface area contributed by atoms with E-state index >= 15 is 0 Å². The van der Waals surface area contributed by atoms with Crippen LogP contribution in [-0.4, -0.2) is 54.2 Å². The lowest BCUT2D eigenvalue weighted by Crippen LogP contribution is -2.45. The minimum absolute atomic E-state index is 0.0358. The van der Waals surface area contributed by atoms with Crippen LogP contribution in [0.4, 0.5) is 4.79 Å². The van der Waals surface area contributed by atoms with Crippen LogP contribution >= 0.6 is 0 Å². The predicted octanol–water partition coefficient (Wildman–Crippen LogP) is 1.41. The second kappa shape index (κ2) is 8.79. The maximum atomic E-state index is 11.7. The van der Waals surface area contributed by atoms with Crippen LogP contribution in [0.15, 0.2) is 0 Å². The molecule has 0 aromatic heterocycles. The third-order valence-corrected chi connectivity index (χ3v) is 3.95. The van der Waals surface area contributed by atoms with Crippen molar-refractivity contribution in [3.8, 4) is 0 Å². The van der Waals surface area contributed by atoms with Gasteiger partial charge < -0.3 is 20.6 Å². The number of carboxylic acids is 1. The number of urea groups is 1. The number of nitrogens with zero attached hydrogens (tertiary/aromatic N) is 1. The van der Waals surface area contributed by atoms with Gasteiger partial charge >= 0.3 is 12.0 Å². The Morgan fingerprint density at radius 2 is 2.00 bits per heavy atom. The summed E-state index contributed by atoms with van der Waals surface area (Å²) in [5.74, 6) is -0.891. The summed E-state index contributed by atoms with van der Waals surface area (Å²) in [5.41, 5.74) is 0. The van der Waals surface area contributed by atoms with Crippen LogP contribution in [0.5, 0.6) is 0 Å². The molecule has 0 heterocycles. The standard InChI is InChI=1S/C14H27N3O3/c1-3-11(10-13(18)19)16-14(20)15-8-9-17(2)12-6-4-5-7-12/h11-12H,3-10H2,1-2H3,(H,18,19)(H2,15,16,20). The first kappa shape index (κ1) is 16.8. The maximum Gasteiger partial charge on any atom is 0.315 e. The van der Waals surface area contributed by atoms with Gasteiger partial charge in [0, 0.05) is 25.2 Å². The molecule has 6 heteroatoms. The van der Waals surface area contributed by atoms with Crippen molar-refractivity contribution in [2.24, 2.45) is 0 Å². The second-order valence-electron chi connectivity index (χ2n) is 5.52. The number of amides is 2. The van der Waals surface area contributed by atoms with Gasteiger partial charge in [-0.3, -0.25) is 4.79 Å². The second-order valence-corrected chi connectivity index (χ2v) is 5.52. The molecule has 0 saturated heterocycles. The van der Waals surface area contributed by atoms with Gasteiger partial charge in [-0.25, -0.2) is 4.79 Å². The van der Waals surface area contributed by atoms with Crippen LogP contribution in [0.1, 0.15) is 45.4 Å². The fourth-order valence-electron chi connectivity index (χ4n) is 2.62. The number of rotatable bonds is 8. The smallest absolute Gasteiger partial charge is 0.315 e. The minimum atomic E-state index is -0.891. The fourth-order valence-corrected chi connectivity index (χ4v) is 2.62. The van der Waals surface area contributed by atoms with Crippen molar-refractivity contribution < 1.29 is 14.7 Å². The lowest BCUT2D eigenvalue weighted by molar-refractivity contribution is -0.137. The summed E-state index contributed by atoms with van der Waals surface area (Å²) < 4.78 is 0. The molecule has 0 bridgehead atoms. The van der Waals surface area contributed by atoms with Crippen molar-refractivity contribution in [1.29, 1.82) is 0 Å². The van der Waals surface area contributed by atoms with E-state index in [1.54, 1.807) is 0 Å². The molecule has 1 aliphatic carbocycles. The Kier molecular flexibility index (Phi) is 7.36. The van der Waals surface area contributed by atoms with Gasteiger partial charge in [0.25, 0.3) is 0 Å². The fraction of sp³-hybridized carbons (Fsp3) is 0.857. The van der Waals surface area contributed by atoms with E-state index in [4.69, 9.17) is 5.11 Å². The first-order chi connectivity index (χ1) is 9.52. The molecule has 0 radical (unpaired) electrons. The number of likely N-dealkylation sites (N-methyl/N-ethyl adjacent to an activating group) is 1. The highest BCUT2D eigenvalue weighted by Crippen LogP contribution is 2.21. The molecule has 0 aliphatic heterocycles. The predicted molar refractivity (Wildman–Crippen MR) is 77.8 cm³/mol. The number of aliphatic carboxylic acids is 1. The SMILES string of the molecule is CCC(CC(=O)O)NC(=O)NCCN(C)C1CCCC1. The molecule has 20 heavy (non-hydrogen) atoms. The summed E-state index contributed by atoms with van der Waals surface area (Å²) in [6, 6.07) is 0.0632. The Labute approximate surface area is 120 Å². The lowest BCUT2D eigenvalue weighted by atomic mass is 10.1. The summed E-state index contributed by atoms with van der Waals surface area (Å²) >= 11 is 0. The molecular formula is C14H27N3O3. The Bertz CT molecular complexity index is 317. The third kappa shape index (κ3) is 6.23. The summed E-state index contributed by atoms with van der Waals surface area (Å²) in [6.45, 7) is 3.28. The van der Waals surface area contributed by atoms with E-state index in [0.29, 0.717) is 19.0 Å². The Hall–Kier alpha value is -1.30. The normalized spacial score (nSPS) is 17.1. The van der Waals surface area contributed by atoms with E-state index in [9.17, 15) is 9.59 Å². The summed E-state index contributed by atoms with van der Waals surface area (Å²) in [5, 5.41) is 14.2. The zero-order chi connectivity index (χ0) is 15.0. The summed E-state index contributed by atoms with van der Waals surface area (Å²) in [7, 11) is 2.09. The zero-order valence-corrected chi connectivity index (χ0v) is 12.5. The largest absolute Gasteiger partial charge is 0.481 e. The van der Waals surface area contributed by atoms with Crippen LogP contribution in [0.25, 0.3) is 0 Å². The van der Waals surface area contributed by atoms with Gasteiger partial charge in [0.15, 0.2) is 0 Å². The zero-order valence-electron chi connectivity index (χ0n) is 12.5. The highest BCUT2D eigenvalue weighted by molar-refractivity contribution is 5.75. The highest BCUT2D eigenvalue weighted by atomic mass is 16.4. The number of hydrogen-bond donors (Lipinski definition) is 3. The van der Waals surface area contributed by atoms with Gasteiger partial charge in [0.1, 0.15) is 0 Å². The quantitative estimate of drug-likeness (QED) is 0.630. The molecule has 3 N–H and O–H groups in total. The Balaban J connectivity index is 2.16. The molecule has 1 rings (SSSR count). The van der Waals surface area contributed by atoms with E-state index in [1.807, 2.05) is 6.92 Å². The van der Waals surface area contributed by atoms with Crippen LogP contribution in [0.3, 0.4) is 0 Å². The maximum absolute atomic E-state index is 11.7. The first-order valence-corrected chi connectivity index (χ1v) is 7.49. The van der Waals surface area contributed by atoms with Crippen molar-refractivity contribution in [3.63, 3.8) is 0 Å². The highest BCUT2D eigenvalue weighted by Gasteiger charge is 2.19. The van der Waals surface area contributed by atoms with Gasteiger partial charge in [-0.1, -0.05) is 19.8 Å². The van der Waals surface area contributed by atoms with Gasteiger partial charge in [0.2, 0.25) is 0 Å². The molecule has 1 saturated carbocycles. The molecule has 1 aliphatic rings. The molecule has 116 valence electrons. The molecule has 6 nitrogen and oxygen atoms in total. The Morgan fingerprint density at radius 1 is 1.35 bits per heavy atom. The number of carbonyl (C=O) groups excluding carboxylic acids is 1. The molecule has 0 aromatic rings. The van der Waals surface area contributed by atoms with Gasteiger partial charge in [-0.05, 0) is 26.3 Å². The van der Waals surface area contributed by atoms with E-state index in [-0.39, 0.29) is 18.5 Å². The first-order valence-electron chi connectivity index (χ1n) is 7.49. The van der Waals surface area contributed by atoms with Crippen LogP contribution in [0, 0.1) is 0 Å². The van der Waals surface area contributed by atoms with Crippen LogP contribution < -0.4 is 10.6 Å². The van der Waals surface area contributed by atoms with Crippen molar-refractivity contribution in [2.75, 3.05) is 20.1 Å². The number of carbonyl (C=O) groups is 2. The average molecular weight is 285 g/mol. The van der Waals surface area contributed by atoms with E-state index in [1.165, 1.54) is 25.7 Å². The molecule has 1 atom stereocenters. The average Bonchev–Trinajstić information content (AvgIpc) is 2.91. The van der Waals surface area contributed by atoms with E-state index in [0.717, 1.165) is 6.54 Å². The number of hydrogen-bond acceptors (Lipinski definition) is 3. The van der Waals surface area contributed by atoms with Crippen LogP contribution in [-0.2, 0) is 4.79 Å². The monoisotopic (exact) mass is 285 g/mol. The lowest BCUT2D eigenvalue weighted by Gasteiger charge is -2.24. The van der Waals surface area contributed by atoms with Gasteiger partial charge in [-0.15, -0.1) is 0 Å². The molecular weight excluding hydrogens is 258 g/mol. The van der Waals surface area contributed by atoms with Gasteiger partial charge in [-0.2, -0.15) is 0 Å². The van der Waals surface area contributed by atoms with Crippen molar-refractivity contribution in [1.82, 2.24) is 15.5 Å². The van der Waals surface area contributed by atoms with E-state index < -0.39 is 5.97 Å². The molecule has 2 amide bonds. The van der Waals surface area contributed by atoms with Crippen LogP contribution in [0.2, 0.25) is 0 Å². The molecule has 0 spiro atoms. The van der Waals surface area contributed by atoms with Crippen molar-refractivity contribution >= 4 is 12.0 Å². The van der Waals surface area contributed by atoms with Crippen molar-refractivity contribution in [3.05, 3.63) is 0 Å². The summed E-state index contributed by atoms with van der Waals surface area (Å²) in [4.78, 5) is 24.6. The Morgan fingerprint density at radius 3 is 2.55 bits per heavy atom.